The van der Waals surface area contributed by atoms with Crippen molar-refractivity contribution in [2.45, 2.75) is 44.4 Å². The van der Waals surface area contributed by atoms with Crippen molar-refractivity contribution in [3.63, 3.8) is 0 Å². The number of benzene rings is 1. The minimum Gasteiger partial charge on any atom is -0.495 e. The summed E-state index contributed by atoms with van der Waals surface area (Å²) in [6.45, 7) is 4.41. The second kappa shape index (κ2) is 8.87. The third-order valence-corrected chi connectivity index (χ3v) is 7.57. The third-order valence-electron chi connectivity index (χ3n) is 5.65. The number of sulfonamides is 1. The zero-order chi connectivity index (χ0) is 22.9. The van der Waals surface area contributed by atoms with E-state index in [0.29, 0.717) is 41.5 Å². The molecule has 170 valence electrons. The van der Waals surface area contributed by atoms with Gasteiger partial charge in [0.2, 0.25) is 10.0 Å². The second-order valence-electron chi connectivity index (χ2n) is 7.83. The van der Waals surface area contributed by atoms with Crippen LogP contribution in [0, 0.1) is 13.8 Å². The summed E-state index contributed by atoms with van der Waals surface area (Å²) in [4.78, 5) is 12.6. The van der Waals surface area contributed by atoms with E-state index < -0.39 is 10.0 Å². The van der Waals surface area contributed by atoms with Crippen molar-refractivity contribution >= 4 is 10.0 Å². The van der Waals surface area contributed by atoms with Gasteiger partial charge in [-0.2, -0.15) is 14.1 Å². The zero-order valence-corrected chi connectivity index (χ0v) is 19.2. The molecule has 1 aliphatic heterocycles. The number of hydrogen-bond acceptors (Lipinski definition) is 7. The summed E-state index contributed by atoms with van der Waals surface area (Å²) in [5, 5.41) is 8.36. The van der Waals surface area contributed by atoms with Crippen molar-refractivity contribution < 1.29 is 17.7 Å². The average molecular weight is 459 g/mol. The summed E-state index contributed by atoms with van der Waals surface area (Å²) < 4.78 is 40.2. The van der Waals surface area contributed by atoms with Crippen molar-refractivity contribution in [2.24, 2.45) is 0 Å². The summed E-state index contributed by atoms with van der Waals surface area (Å²) in [5.74, 6) is 0.741. The molecule has 1 aromatic carbocycles. The molecule has 0 spiro atoms. The van der Waals surface area contributed by atoms with Crippen LogP contribution in [0.5, 0.6) is 5.75 Å². The number of rotatable bonds is 5. The number of aromatic nitrogens is 3. The van der Waals surface area contributed by atoms with E-state index in [4.69, 9.17) is 9.26 Å². The normalized spacial score (nSPS) is 15.5. The largest absolute Gasteiger partial charge is 0.495 e. The number of methoxy groups -OCH3 is 1. The first-order valence-electron chi connectivity index (χ1n) is 10.5. The number of nitrogens with zero attached hydrogens (tertiary/aromatic N) is 4. The first-order chi connectivity index (χ1) is 15.3. The van der Waals surface area contributed by atoms with Crippen LogP contribution in [0.3, 0.4) is 0 Å². The Labute approximate surface area is 186 Å². The van der Waals surface area contributed by atoms with Gasteiger partial charge in [-0.3, -0.25) is 4.79 Å². The molecule has 0 atom stereocenters. The predicted molar refractivity (Wildman–Crippen MR) is 119 cm³/mol. The van der Waals surface area contributed by atoms with Gasteiger partial charge in [0.15, 0.2) is 5.76 Å². The lowest BCUT2D eigenvalue weighted by Crippen LogP contribution is -2.32. The van der Waals surface area contributed by atoms with Crippen LogP contribution >= 0.6 is 0 Å². The van der Waals surface area contributed by atoms with Gasteiger partial charge in [-0.15, -0.1) is 0 Å². The van der Waals surface area contributed by atoms with Crippen LogP contribution in [0.25, 0.3) is 16.9 Å². The van der Waals surface area contributed by atoms with Gasteiger partial charge in [-0.1, -0.05) is 18.0 Å². The molecule has 1 aliphatic rings. The van der Waals surface area contributed by atoms with Crippen LogP contribution in [0.4, 0.5) is 0 Å². The van der Waals surface area contributed by atoms with E-state index in [2.05, 4.69) is 10.3 Å². The third kappa shape index (κ3) is 4.07. The van der Waals surface area contributed by atoms with Gasteiger partial charge >= 0.3 is 0 Å². The molecule has 10 heteroatoms. The van der Waals surface area contributed by atoms with E-state index in [1.165, 1.54) is 22.2 Å². The summed E-state index contributed by atoms with van der Waals surface area (Å²) in [6.07, 6.45) is 3.73. The van der Waals surface area contributed by atoms with E-state index in [0.717, 1.165) is 25.7 Å². The second-order valence-corrected chi connectivity index (χ2v) is 9.73. The van der Waals surface area contributed by atoms with E-state index in [-0.39, 0.29) is 16.2 Å². The van der Waals surface area contributed by atoms with Crippen molar-refractivity contribution in [3.8, 4) is 22.7 Å². The lowest BCUT2D eigenvalue weighted by Gasteiger charge is -2.21. The molecule has 0 amide bonds. The van der Waals surface area contributed by atoms with E-state index >= 15 is 0 Å². The molecule has 32 heavy (non-hydrogen) atoms. The van der Waals surface area contributed by atoms with Crippen LogP contribution in [0.1, 0.15) is 37.1 Å². The summed E-state index contributed by atoms with van der Waals surface area (Å²) in [6, 6.07) is 7.87. The van der Waals surface area contributed by atoms with Crippen LogP contribution < -0.4 is 10.3 Å². The topological polar surface area (TPSA) is 108 Å². The van der Waals surface area contributed by atoms with Gasteiger partial charge in [0.05, 0.1) is 12.8 Å². The number of aryl methyl sites for hydroxylation is 2. The molecule has 3 aromatic rings. The first kappa shape index (κ1) is 22.2. The predicted octanol–water partition coefficient (Wildman–Crippen LogP) is 3.08. The standard InChI is InChI=1S/C22H26N4O5S/c1-15-22(16(2)31-24-15)26-21(27)11-9-18(23-26)17-8-10-19(30-3)20(14-17)32(28,29)25-12-6-4-5-7-13-25/h8-11,14H,4-7,12-13H2,1-3H3. The Morgan fingerprint density at radius 1 is 1.03 bits per heavy atom. The van der Waals surface area contributed by atoms with Gasteiger partial charge < -0.3 is 9.26 Å². The first-order valence-corrected chi connectivity index (χ1v) is 12.0. The summed E-state index contributed by atoms with van der Waals surface area (Å²) in [7, 11) is -2.30. The Morgan fingerprint density at radius 3 is 2.38 bits per heavy atom. The molecule has 9 nitrogen and oxygen atoms in total. The minimum atomic E-state index is -3.75. The van der Waals surface area contributed by atoms with Crippen LogP contribution in [0.15, 0.2) is 44.5 Å². The number of ether oxygens (including phenoxy) is 1. The lowest BCUT2D eigenvalue weighted by atomic mass is 10.1. The highest BCUT2D eigenvalue weighted by molar-refractivity contribution is 7.89. The molecule has 0 unspecified atom stereocenters. The van der Waals surface area contributed by atoms with Crippen molar-refractivity contribution in [3.05, 3.63) is 52.1 Å². The molecule has 2 aromatic heterocycles. The molecule has 1 fully saturated rings. The summed E-state index contributed by atoms with van der Waals surface area (Å²) >= 11 is 0. The molecule has 3 heterocycles. The van der Waals surface area contributed by atoms with E-state index in [1.807, 2.05) is 0 Å². The Bertz CT molecular complexity index is 1270. The minimum absolute atomic E-state index is 0.0938. The van der Waals surface area contributed by atoms with Crippen molar-refractivity contribution in [2.75, 3.05) is 20.2 Å². The smallest absolute Gasteiger partial charge is 0.271 e. The van der Waals surface area contributed by atoms with Crippen molar-refractivity contribution in [1.82, 2.24) is 19.2 Å². The SMILES string of the molecule is COc1ccc(-c2ccc(=O)n(-c3c(C)noc3C)n2)cc1S(=O)(=O)N1CCCCCC1. The van der Waals surface area contributed by atoms with Crippen LogP contribution in [-0.2, 0) is 10.0 Å². The molecule has 0 saturated carbocycles. The molecule has 1 saturated heterocycles. The monoisotopic (exact) mass is 458 g/mol. The maximum atomic E-state index is 13.5. The van der Waals surface area contributed by atoms with Crippen LogP contribution in [0.2, 0.25) is 0 Å². The molecule has 0 radical (unpaired) electrons. The quantitative estimate of drug-likeness (QED) is 0.578. The molecular weight excluding hydrogens is 432 g/mol. The van der Waals surface area contributed by atoms with Crippen LogP contribution in [-0.4, -0.2) is 47.9 Å². The fourth-order valence-corrected chi connectivity index (χ4v) is 5.66. The molecular formula is C22H26N4O5S. The Morgan fingerprint density at radius 2 is 1.75 bits per heavy atom. The van der Waals surface area contributed by atoms with Gasteiger partial charge in [-0.05, 0) is 51.0 Å². The summed E-state index contributed by atoms with van der Waals surface area (Å²) in [5.41, 5.74) is 1.67. The molecule has 0 aliphatic carbocycles. The molecule has 4 rings (SSSR count). The molecule has 0 bridgehead atoms. The maximum absolute atomic E-state index is 13.5. The zero-order valence-electron chi connectivity index (χ0n) is 18.4. The Balaban J connectivity index is 1.81. The number of hydrogen-bond donors (Lipinski definition) is 0. The molecule has 0 N–H and O–H groups in total. The lowest BCUT2D eigenvalue weighted by molar-refractivity contribution is 0.391. The van der Waals surface area contributed by atoms with E-state index in [1.54, 1.807) is 38.1 Å². The highest BCUT2D eigenvalue weighted by atomic mass is 32.2. The van der Waals surface area contributed by atoms with Gasteiger partial charge in [0, 0.05) is 24.7 Å². The van der Waals surface area contributed by atoms with E-state index in [9.17, 15) is 13.2 Å². The average Bonchev–Trinajstić information content (AvgIpc) is 2.98. The van der Waals surface area contributed by atoms with Gasteiger partial charge in [0.1, 0.15) is 22.0 Å². The fourth-order valence-electron chi connectivity index (χ4n) is 3.96. The van der Waals surface area contributed by atoms with Gasteiger partial charge in [-0.25, -0.2) is 8.42 Å². The van der Waals surface area contributed by atoms with Gasteiger partial charge in [0.25, 0.3) is 5.56 Å². The Kier molecular flexibility index (Phi) is 6.16. The fraction of sp³-hybridized carbons (Fsp3) is 0.409. The highest BCUT2D eigenvalue weighted by Crippen LogP contribution is 2.32. The Hall–Kier alpha value is -2.98. The van der Waals surface area contributed by atoms with Crippen molar-refractivity contribution in [1.29, 1.82) is 0 Å². The highest BCUT2D eigenvalue weighted by Gasteiger charge is 2.29. The maximum Gasteiger partial charge on any atom is 0.271 e.